The van der Waals surface area contributed by atoms with Crippen molar-refractivity contribution in [1.29, 1.82) is 0 Å². The average molecular weight is 270 g/mol. The molecule has 1 atom stereocenters. The summed E-state index contributed by atoms with van der Waals surface area (Å²) in [6, 6.07) is 0.626. The summed E-state index contributed by atoms with van der Waals surface area (Å²) in [6.07, 6.45) is 5.67. The van der Waals surface area contributed by atoms with Gasteiger partial charge in [-0.25, -0.2) is 0 Å². The number of nitrogens with two attached hydrogens (primary N) is 1. The molecule has 4 nitrogen and oxygen atoms in total. The van der Waals surface area contributed by atoms with E-state index in [4.69, 9.17) is 10.5 Å². The summed E-state index contributed by atoms with van der Waals surface area (Å²) in [5.74, 6) is -0.328. The fraction of sp³-hybridized carbons (Fsp3) is 0.933. The van der Waals surface area contributed by atoms with E-state index in [1.54, 1.807) is 6.92 Å². The Hall–Kier alpha value is -0.610. The van der Waals surface area contributed by atoms with Gasteiger partial charge in [0, 0.05) is 12.6 Å². The lowest BCUT2D eigenvalue weighted by atomic mass is 9.75. The molecule has 1 aliphatic carbocycles. The molecule has 0 bridgehead atoms. The third kappa shape index (κ3) is 4.77. The van der Waals surface area contributed by atoms with Gasteiger partial charge in [-0.05, 0) is 51.5 Å². The van der Waals surface area contributed by atoms with E-state index in [1.165, 1.54) is 32.8 Å². The molecule has 1 saturated carbocycles. The highest BCUT2D eigenvalue weighted by Crippen LogP contribution is 2.36. The topological polar surface area (TPSA) is 55.6 Å². The minimum Gasteiger partial charge on any atom is -0.468 e. The number of hydrogen-bond acceptors (Lipinski definition) is 4. The van der Waals surface area contributed by atoms with Gasteiger partial charge in [0.1, 0.15) is 5.54 Å². The molecule has 0 amide bonds. The van der Waals surface area contributed by atoms with Gasteiger partial charge < -0.3 is 15.4 Å². The molecule has 1 unspecified atom stereocenters. The monoisotopic (exact) mass is 270 g/mol. The minimum absolute atomic E-state index is 0.328. The van der Waals surface area contributed by atoms with Gasteiger partial charge in [0.15, 0.2) is 0 Å². The standard InChI is InChI=1S/C15H30N2O2/c1-14(2)8-6-12(7-9-14)17(4)11-10-15(3,16)13(18)19-5/h12H,6-11,16H2,1-5H3. The molecule has 0 aliphatic heterocycles. The molecule has 0 spiro atoms. The Bertz CT molecular complexity index is 303. The highest BCUT2D eigenvalue weighted by Gasteiger charge is 2.32. The number of methoxy groups -OCH3 is 1. The van der Waals surface area contributed by atoms with E-state index in [0.29, 0.717) is 17.9 Å². The Labute approximate surface area is 117 Å². The SMILES string of the molecule is COC(=O)C(C)(N)CCN(C)C1CCC(C)(C)CC1. The third-order valence-corrected chi connectivity index (χ3v) is 4.57. The maximum Gasteiger partial charge on any atom is 0.325 e. The first-order valence-electron chi connectivity index (χ1n) is 7.25. The second-order valence-electron chi connectivity index (χ2n) is 7.04. The van der Waals surface area contributed by atoms with Crippen LogP contribution in [0.15, 0.2) is 0 Å². The second-order valence-corrected chi connectivity index (χ2v) is 7.04. The van der Waals surface area contributed by atoms with E-state index >= 15 is 0 Å². The summed E-state index contributed by atoms with van der Waals surface area (Å²) in [6.45, 7) is 7.28. The van der Waals surface area contributed by atoms with E-state index in [2.05, 4.69) is 25.8 Å². The average Bonchev–Trinajstić information content (AvgIpc) is 2.35. The van der Waals surface area contributed by atoms with Gasteiger partial charge in [0.05, 0.1) is 7.11 Å². The first-order chi connectivity index (χ1) is 8.68. The summed E-state index contributed by atoms with van der Waals surface area (Å²) in [5, 5.41) is 0. The smallest absolute Gasteiger partial charge is 0.325 e. The van der Waals surface area contributed by atoms with Gasteiger partial charge in [-0.3, -0.25) is 4.79 Å². The van der Waals surface area contributed by atoms with Crippen LogP contribution in [0.5, 0.6) is 0 Å². The molecule has 19 heavy (non-hydrogen) atoms. The summed E-state index contributed by atoms with van der Waals surface area (Å²) in [4.78, 5) is 13.9. The van der Waals surface area contributed by atoms with E-state index in [-0.39, 0.29) is 5.97 Å². The quantitative estimate of drug-likeness (QED) is 0.778. The largest absolute Gasteiger partial charge is 0.468 e. The Balaban J connectivity index is 2.40. The molecule has 1 rings (SSSR count). The van der Waals surface area contributed by atoms with Crippen molar-refractivity contribution in [2.75, 3.05) is 20.7 Å². The predicted octanol–water partition coefficient (Wildman–Crippen LogP) is 2.17. The van der Waals surface area contributed by atoms with Crippen molar-refractivity contribution in [3.63, 3.8) is 0 Å². The highest BCUT2D eigenvalue weighted by molar-refractivity contribution is 5.79. The number of carbonyl (C=O) groups excluding carboxylic acids is 1. The van der Waals surface area contributed by atoms with Crippen LogP contribution in [-0.2, 0) is 9.53 Å². The molecule has 0 heterocycles. The van der Waals surface area contributed by atoms with Crippen molar-refractivity contribution in [3.8, 4) is 0 Å². The fourth-order valence-corrected chi connectivity index (χ4v) is 2.75. The number of carbonyl (C=O) groups is 1. The zero-order valence-electron chi connectivity index (χ0n) is 13.2. The van der Waals surface area contributed by atoms with Gasteiger partial charge in [0.25, 0.3) is 0 Å². The number of ether oxygens (including phenoxy) is 1. The van der Waals surface area contributed by atoms with Gasteiger partial charge >= 0.3 is 5.97 Å². The van der Waals surface area contributed by atoms with Gasteiger partial charge in [-0.2, -0.15) is 0 Å². The molecule has 0 aromatic rings. The molecular weight excluding hydrogens is 240 g/mol. The van der Waals surface area contributed by atoms with Crippen LogP contribution in [0.1, 0.15) is 52.9 Å². The normalized spacial score (nSPS) is 23.1. The zero-order valence-corrected chi connectivity index (χ0v) is 13.2. The van der Waals surface area contributed by atoms with Crippen molar-refractivity contribution in [2.24, 2.45) is 11.1 Å². The predicted molar refractivity (Wildman–Crippen MR) is 77.9 cm³/mol. The maximum absolute atomic E-state index is 11.5. The van der Waals surface area contributed by atoms with Crippen molar-refractivity contribution in [1.82, 2.24) is 4.90 Å². The molecule has 112 valence electrons. The van der Waals surface area contributed by atoms with Crippen LogP contribution < -0.4 is 5.73 Å². The molecule has 1 aliphatic rings. The van der Waals surface area contributed by atoms with Crippen molar-refractivity contribution in [2.45, 2.75) is 64.5 Å². The van der Waals surface area contributed by atoms with Crippen LogP contribution in [-0.4, -0.2) is 43.2 Å². The van der Waals surface area contributed by atoms with Gasteiger partial charge in [-0.1, -0.05) is 13.8 Å². The Morgan fingerprint density at radius 3 is 2.42 bits per heavy atom. The zero-order chi connectivity index (χ0) is 14.7. The van der Waals surface area contributed by atoms with Crippen LogP contribution >= 0.6 is 0 Å². The Morgan fingerprint density at radius 1 is 1.42 bits per heavy atom. The van der Waals surface area contributed by atoms with Crippen molar-refractivity contribution in [3.05, 3.63) is 0 Å². The van der Waals surface area contributed by atoms with E-state index < -0.39 is 5.54 Å². The van der Waals surface area contributed by atoms with Crippen molar-refractivity contribution >= 4 is 5.97 Å². The third-order valence-electron chi connectivity index (χ3n) is 4.57. The van der Waals surface area contributed by atoms with Crippen LogP contribution in [0, 0.1) is 5.41 Å². The van der Waals surface area contributed by atoms with Crippen LogP contribution in [0.2, 0.25) is 0 Å². The lowest BCUT2D eigenvalue weighted by Crippen LogP contribution is -2.49. The number of nitrogens with zero attached hydrogens (tertiary/aromatic N) is 1. The Morgan fingerprint density at radius 2 is 1.95 bits per heavy atom. The van der Waals surface area contributed by atoms with E-state index in [9.17, 15) is 4.79 Å². The molecular formula is C15H30N2O2. The van der Waals surface area contributed by atoms with E-state index in [1.807, 2.05) is 0 Å². The number of rotatable bonds is 5. The van der Waals surface area contributed by atoms with Crippen molar-refractivity contribution < 1.29 is 9.53 Å². The lowest BCUT2D eigenvalue weighted by Gasteiger charge is -2.39. The highest BCUT2D eigenvalue weighted by atomic mass is 16.5. The molecule has 1 fully saturated rings. The molecule has 2 N–H and O–H groups in total. The summed E-state index contributed by atoms with van der Waals surface area (Å²) >= 11 is 0. The van der Waals surface area contributed by atoms with E-state index in [0.717, 1.165) is 6.54 Å². The summed E-state index contributed by atoms with van der Waals surface area (Å²) < 4.78 is 4.74. The molecule has 4 heteroatoms. The second kappa shape index (κ2) is 6.23. The molecule has 0 aromatic heterocycles. The molecule has 0 saturated heterocycles. The number of esters is 1. The first kappa shape index (κ1) is 16.4. The van der Waals surface area contributed by atoms with Crippen LogP contribution in [0.4, 0.5) is 0 Å². The fourth-order valence-electron chi connectivity index (χ4n) is 2.75. The van der Waals surface area contributed by atoms with Gasteiger partial charge in [0.2, 0.25) is 0 Å². The minimum atomic E-state index is -0.878. The molecule has 0 aromatic carbocycles. The summed E-state index contributed by atoms with van der Waals surface area (Å²) in [5.41, 5.74) is 5.60. The Kier molecular flexibility index (Phi) is 5.39. The van der Waals surface area contributed by atoms with Crippen LogP contribution in [0.25, 0.3) is 0 Å². The molecule has 0 radical (unpaired) electrons. The summed E-state index contributed by atoms with van der Waals surface area (Å²) in [7, 11) is 3.52. The van der Waals surface area contributed by atoms with Crippen LogP contribution in [0.3, 0.4) is 0 Å². The lowest BCUT2D eigenvalue weighted by molar-refractivity contribution is -0.146. The number of hydrogen-bond donors (Lipinski definition) is 1. The van der Waals surface area contributed by atoms with Gasteiger partial charge in [-0.15, -0.1) is 0 Å². The maximum atomic E-state index is 11.5. The first-order valence-corrected chi connectivity index (χ1v) is 7.25.